The van der Waals surface area contributed by atoms with Crippen LogP contribution >= 0.6 is 0 Å². The van der Waals surface area contributed by atoms with Crippen LogP contribution in [-0.4, -0.2) is 43.9 Å². The zero-order valence-electron chi connectivity index (χ0n) is 10.7. The van der Waals surface area contributed by atoms with Crippen molar-refractivity contribution in [3.05, 3.63) is 12.4 Å². The molecule has 2 aromatic rings. The predicted molar refractivity (Wildman–Crippen MR) is 70.0 cm³/mol. The van der Waals surface area contributed by atoms with Gasteiger partial charge in [-0.1, -0.05) is 6.92 Å². The largest absolute Gasteiger partial charge is 0.387 e. The molecule has 1 aliphatic rings. The van der Waals surface area contributed by atoms with Crippen LogP contribution < -0.4 is 10.6 Å². The van der Waals surface area contributed by atoms with Crippen LogP contribution in [0.2, 0.25) is 0 Å². The van der Waals surface area contributed by atoms with Gasteiger partial charge in [0, 0.05) is 18.5 Å². The Bertz CT molecular complexity index is 610. The first kappa shape index (κ1) is 11.8. The van der Waals surface area contributed by atoms with E-state index in [0.717, 1.165) is 31.7 Å². The number of aromatic nitrogens is 5. The van der Waals surface area contributed by atoms with Crippen LogP contribution in [0.4, 0.5) is 5.82 Å². The first-order chi connectivity index (χ1) is 9.10. The topological polar surface area (TPSA) is 109 Å². The molecule has 2 aromatic heterocycles. The fourth-order valence-corrected chi connectivity index (χ4v) is 2.38. The van der Waals surface area contributed by atoms with Crippen LogP contribution in [0.5, 0.6) is 0 Å². The second-order valence-corrected chi connectivity index (χ2v) is 5.18. The molecular formula is C11H16N8. The van der Waals surface area contributed by atoms with Gasteiger partial charge in [-0.15, -0.1) is 5.10 Å². The van der Waals surface area contributed by atoms with E-state index in [4.69, 9.17) is 11.1 Å². The lowest BCUT2D eigenvalue weighted by molar-refractivity contribution is 0.349. The summed E-state index contributed by atoms with van der Waals surface area (Å²) in [6, 6.07) is 0. The summed E-state index contributed by atoms with van der Waals surface area (Å²) >= 11 is 0. The Balaban J connectivity index is 1.86. The van der Waals surface area contributed by atoms with E-state index in [1.165, 1.54) is 0 Å². The molecule has 3 rings (SSSR count). The van der Waals surface area contributed by atoms with Crippen LogP contribution in [-0.2, 0) is 0 Å². The first-order valence-corrected chi connectivity index (χ1v) is 6.22. The van der Waals surface area contributed by atoms with Gasteiger partial charge in [-0.3, -0.25) is 10.4 Å². The third-order valence-electron chi connectivity index (χ3n) is 3.93. The summed E-state index contributed by atoms with van der Waals surface area (Å²) in [5, 5.41) is 19.2. The Labute approximate surface area is 110 Å². The lowest BCUT2D eigenvalue weighted by Gasteiger charge is -2.39. The molecule has 3 N–H and O–H groups in total. The minimum atomic E-state index is -0.196. The van der Waals surface area contributed by atoms with E-state index in [0.29, 0.717) is 5.65 Å². The number of piperidine rings is 1. The molecule has 3 heterocycles. The number of tetrazole rings is 1. The highest BCUT2D eigenvalue weighted by molar-refractivity contribution is 5.83. The molecule has 8 nitrogen and oxygen atoms in total. The van der Waals surface area contributed by atoms with E-state index in [-0.39, 0.29) is 11.3 Å². The molecule has 0 bridgehead atoms. The van der Waals surface area contributed by atoms with Gasteiger partial charge in [0.2, 0.25) is 0 Å². The first-order valence-electron chi connectivity index (χ1n) is 6.22. The molecule has 19 heavy (non-hydrogen) atoms. The van der Waals surface area contributed by atoms with Crippen molar-refractivity contribution in [3.8, 4) is 0 Å². The van der Waals surface area contributed by atoms with Gasteiger partial charge in [0.15, 0.2) is 11.5 Å². The van der Waals surface area contributed by atoms with Crippen molar-refractivity contribution in [1.82, 2.24) is 25.0 Å². The smallest absolute Gasteiger partial charge is 0.199 e. The number of rotatable bonds is 2. The highest BCUT2D eigenvalue weighted by Gasteiger charge is 2.33. The molecule has 100 valence electrons. The average Bonchev–Trinajstić information content (AvgIpc) is 2.87. The summed E-state index contributed by atoms with van der Waals surface area (Å²) in [5.74, 6) is 1.15. The third-order valence-corrected chi connectivity index (χ3v) is 3.93. The van der Waals surface area contributed by atoms with Gasteiger partial charge in [0.1, 0.15) is 0 Å². The van der Waals surface area contributed by atoms with Gasteiger partial charge >= 0.3 is 0 Å². The fourth-order valence-electron chi connectivity index (χ4n) is 2.38. The molecule has 1 saturated heterocycles. The lowest BCUT2D eigenvalue weighted by atomic mass is 9.79. The number of nitrogens with one attached hydrogen (secondary N) is 1. The van der Waals surface area contributed by atoms with Crippen LogP contribution in [0.25, 0.3) is 5.65 Å². The summed E-state index contributed by atoms with van der Waals surface area (Å²) in [4.78, 5) is 6.34. The number of hydrogen-bond acceptors (Lipinski definition) is 6. The van der Waals surface area contributed by atoms with Crippen molar-refractivity contribution in [2.75, 3.05) is 18.0 Å². The van der Waals surface area contributed by atoms with Crippen LogP contribution in [0.15, 0.2) is 12.4 Å². The quantitative estimate of drug-likeness (QED) is 0.584. The van der Waals surface area contributed by atoms with Crippen molar-refractivity contribution in [1.29, 1.82) is 5.41 Å². The number of hydrogen-bond donors (Lipinski definition) is 2. The lowest BCUT2D eigenvalue weighted by Crippen LogP contribution is -2.45. The number of amidine groups is 1. The van der Waals surface area contributed by atoms with Crippen molar-refractivity contribution in [3.63, 3.8) is 0 Å². The Morgan fingerprint density at radius 2 is 2.11 bits per heavy atom. The minimum absolute atomic E-state index is 0.196. The molecule has 0 aromatic carbocycles. The fraction of sp³-hybridized carbons (Fsp3) is 0.545. The summed E-state index contributed by atoms with van der Waals surface area (Å²) in [5.41, 5.74) is 6.11. The molecule has 1 fully saturated rings. The molecule has 0 spiro atoms. The third kappa shape index (κ3) is 1.88. The second kappa shape index (κ2) is 4.15. The van der Waals surface area contributed by atoms with Crippen molar-refractivity contribution in [2.24, 2.45) is 11.1 Å². The van der Waals surface area contributed by atoms with Crippen LogP contribution in [0.1, 0.15) is 19.8 Å². The predicted octanol–water partition coefficient (Wildman–Crippen LogP) is 0.0618. The minimum Gasteiger partial charge on any atom is -0.387 e. The van der Waals surface area contributed by atoms with Gasteiger partial charge in [-0.05, 0) is 23.3 Å². The summed E-state index contributed by atoms with van der Waals surface area (Å²) in [6.07, 6.45) is 5.09. The van der Waals surface area contributed by atoms with Gasteiger partial charge in [-0.25, -0.2) is 0 Å². The Hall–Kier alpha value is -2.25. The summed E-state index contributed by atoms with van der Waals surface area (Å²) in [7, 11) is 0. The summed E-state index contributed by atoms with van der Waals surface area (Å²) < 4.78 is 1.68. The Kier molecular flexibility index (Phi) is 2.58. The van der Waals surface area contributed by atoms with Gasteiger partial charge in [0.05, 0.1) is 18.2 Å². The number of fused-ring (bicyclic) bond motifs is 1. The van der Waals surface area contributed by atoms with E-state index in [2.05, 4.69) is 25.4 Å². The van der Waals surface area contributed by atoms with E-state index in [1.54, 1.807) is 16.9 Å². The molecule has 0 saturated carbocycles. The van der Waals surface area contributed by atoms with E-state index in [9.17, 15) is 0 Å². The van der Waals surface area contributed by atoms with Gasteiger partial charge in [0.25, 0.3) is 0 Å². The van der Waals surface area contributed by atoms with Crippen molar-refractivity contribution in [2.45, 2.75) is 19.8 Å². The molecule has 0 aliphatic carbocycles. The molecule has 0 atom stereocenters. The SMILES string of the molecule is CC1(C(=N)N)CCN(c2cncc3nnnn23)CC1. The summed E-state index contributed by atoms with van der Waals surface area (Å²) in [6.45, 7) is 3.68. The zero-order valence-corrected chi connectivity index (χ0v) is 10.7. The monoisotopic (exact) mass is 260 g/mol. The molecule has 1 aliphatic heterocycles. The maximum absolute atomic E-state index is 7.67. The molecule has 0 radical (unpaired) electrons. The second-order valence-electron chi connectivity index (χ2n) is 5.18. The average molecular weight is 260 g/mol. The maximum Gasteiger partial charge on any atom is 0.199 e. The molecule has 0 unspecified atom stereocenters. The standard InChI is InChI=1S/C11H16N8/c1-11(10(12)13)2-4-18(5-3-11)9-7-14-6-8-15-16-17-19(8)9/h6-7H,2-5H2,1H3,(H3,12,13). The Morgan fingerprint density at radius 3 is 2.79 bits per heavy atom. The number of nitrogens with two attached hydrogens (primary N) is 1. The molecular weight excluding hydrogens is 244 g/mol. The Morgan fingerprint density at radius 1 is 1.37 bits per heavy atom. The molecule has 0 amide bonds. The van der Waals surface area contributed by atoms with Crippen LogP contribution in [0.3, 0.4) is 0 Å². The van der Waals surface area contributed by atoms with Crippen molar-refractivity contribution < 1.29 is 0 Å². The van der Waals surface area contributed by atoms with Crippen molar-refractivity contribution >= 4 is 17.3 Å². The van der Waals surface area contributed by atoms with Gasteiger partial charge in [-0.2, -0.15) is 4.52 Å². The maximum atomic E-state index is 7.67. The highest BCUT2D eigenvalue weighted by Crippen LogP contribution is 2.32. The van der Waals surface area contributed by atoms with E-state index >= 15 is 0 Å². The van der Waals surface area contributed by atoms with E-state index in [1.807, 2.05) is 6.92 Å². The number of nitrogens with zero attached hydrogens (tertiary/aromatic N) is 6. The van der Waals surface area contributed by atoms with E-state index < -0.39 is 0 Å². The normalized spacial score (nSPS) is 18.7. The van der Waals surface area contributed by atoms with Crippen LogP contribution in [0, 0.1) is 10.8 Å². The highest BCUT2D eigenvalue weighted by atomic mass is 15.5. The zero-order chi connectivity index (χ0) is 13.5. The number of anilines is 1. The van der Waals surface area contributed by atoms with Gasteiger partial charge < -0.3 is 10.6 Å². The molecule has 8 heteroatoms.